The molecule has 1 fully saturated rings. The van der Waals surface area contributed by atoms with Crippen LogP contribution in [0.1, 0.15) is 40.7 Å². The molecule has 110 valence electrons. The van der Waals surface area contributed by atoms with Crippen LogP contribution < -0.4 is 5.32 Å². The van der Waals surface area contributed by atoms with E-state index >= 15 is 0 Å². The second-order valence-corrected chi connectivity index (χ2v) is 5.45. The molecule has 2 aliphatic heterocycles. The molecule has 1 saturated heterocycles. The van der Waals surface area contributed by atoms with Crippen LogP contribution in [0.15, 0.2) is 12.1 Å². The Hall–Kier alpha value is -2.24. The minimum absolute atomic E-state index is 0.212. The number of nitrogens with zero attached hydrogens (tertiary/aromatic N) is 1. The first-order chi connectivity index (χ1) is 9.99. The van der Waals surface area contributed by atoms with Crippen molar-refractivity contribution < 1.29 is 18.8 Å². The van der Waals surface area contributed by atoms with Crippen LogP contribution >= 0.6 is 0 Å². The smallest absolute Gasteiger partial charge is 0.255 e. The summed E-state index contributed by atoms with van der Waals surface area (Å²) in [7, 11) is 0. The zero-order chi connectivity index (χ0) is 15.1. The predicted molar refractivity (Wildman–Crippen MR) is 71.8 cm³/mol. The molecule has 6 heteroatoms. The van der Waals surface area contributed by atoms with E-state index in [0.717, 1.165) is 0 Å². The van der Waals surface area contributed by atoms with Gasteiger partial charge in [0.15, 0.2) is 0 Å². The van der Waals surface area contributed by atoms with Gasteiger partial charge in [-0.2, -0.15) is 0 Å². The minimum Gasteiger partial charge on any atom is -0.322 e. The summed E-state index contributed by atoms with van der Waals surface area (Å²) in [5.74, 6) is -1.39. The largest absolute Gasteiger partial charge is 0.322 e. The average Bonchev–Trinajstić information content (AvgIpc) is 2.66. The molecule has 0 saturated carbocycles. The molecule has 21 heavy (non-hydrogen) atoms. The zero-order valence-corrected chi connectivity index (χ0v) is 11.6. The number of nitrogens with one attached hydrogen (secondary N) is 1. The Labute approximate surface area is 121 Å². The minimum atomic E-state index is -0.668. The van der Waals surface area contributed by atoms with E-state index in [1.54, 1.807) is 6.92 Å². The van der Waals surface area contributed by atoms with Crippen molar-refractivity contribution in [1.82, 2.24) is 10.2 Å². The summed E-state index contributed by atoms with van der Waals surface area (Å²) in [6.07, 6.45) is 1.28. The van der Waals surface area contributed by atoms with E-state index < -0.39 is 11.9 Å². The summed E-state index contributed by atoms with van der Waals surface area (Å²) in [6.45, 7) is 1.84. The fourth-order valence-corrected chi connectivity index (χ4v) is 2.95. The molecule has 1 unspecified atom stereocenters. The highest BCUT2D eigenvalue weighted by Crippen LogP contribution is 2.30. The Morgan fingerprint density at radius 3 is 2.81 bits per heavy atom. The molecule has 0 radical (unpaired) electrons. The van der Waals surface area contributed by atoms with Gasteiger partial charge in [-0.1, -0.05) is 0 Å². The maximum Gasteiger partial charge on any atom is 0.255 e. The van der Waals surface area contributed by atoms with Crippen LogP contribution in [0.25, 0.3) is 0 Å². The zero-order valence-electron chi connectivity index (χ0n) is 11.6. The molecule has 1 atom stereocenters. The lowest BCUT2D eigenvalue weighted by atomic mass is 10.0. The quantitative estimate of drug-likeness (QED) is 0.792. The van der Waals surface area contributed by atoms with E-state index in [4.69, 9.17) is 0 Å². The van der Waals surface area contributed by atoms with Crippen LogP contribution in [-0.2, 0) is 16.1 Å². The Bertz CT molecular complexity index is 657. The van der Waals surface area contributed by atoms with Gasteiger partial charge in [0.25, 0.3) is 5.91 Å². The molecule has 3 rings (SSSR count). The van der Waals surface area contributed by atoms with Crippen molar-refractivity contribution in [3.63, 3.8) is 0 Å². The van der Waals surface area contributed by atoms with Gasteiger partial charge in [0, 0.05) is 18.5 Å². The number of rotatable bonds is 1. The van der Waals surface area contributed by atoms with E-state index in [2.05, 4.69) is 5.32 Å². The van der Waals surface area contributed by atoms with Gasteiger partial charge in [-0.3, -0.25) is 19.7 Å². The number of hydrogen-bond acceptors (Lipinski definition) is 3. The van der Waals surface area contributed by atoms with E-state index in [-0.39, 0.29) is 30.6 Å². The third-order valence-corrected chi connectivity index (χ3v) is 4.17. The molecular weight excluding hydrogens is 275 g/mol. The van der Waals surface area contributed by atoms with Crippen molar-refractivity contribution in [2.75, 3.05) is 0 Å². The number of hydrogen-bond donors (Lipinski definition) is 1. The molecule has 0 spiro atoms. The van der Waals surface area contributed by atoms with E-state index in [1.807, 2.05) is 0 Å². The lowest BCUT2D eigenvalue weighted by molar-refractivity contribution is -0.132. The van der Waals surface area contributed by atoms with E-state index in [0.29, 0.717) is 29.5 Å². The summed E-state index contributed by atoms with van der Waals surface area (Å²) in [5, 5.41) is 2.30. The van der Waals surface area contributed by atoms with Gasteiger partial charge in [-0.05, 0) is 43.0 Å². The van der Waals surface area contributed by atoms with Crippen LogP contribution in [0, 0.1) is 12.7 Å². The van der Waals surface area contributed by atoms with Crippen molar-refractivity contribution in [1.29, 1.82) is 0 Å². The number of amides is 3. The Balaban J connectivity index is 1.92. The Morgan fingerprint density at radius 1 is 1.29 bits per heavy atom. The van der Waals surface area contributed by atoms with Crippen LogP contribution in [0.4, 0.5) is 4.39 Å². The summed E-state index contributed by atoms with van der Waals surface area (Å²) in [4.78, 5) is 37.3. The van der Waals surface area contributed by atoms with Gasteiger partial charge in [0.05, 0.1) is 0 Å². The molecule has 1 aromatic carbocycles. The first-order valence-corrected chi connectivity index (χ1v) is 6.91. The topological polar surface area (TPSA) is 66.5 Å². The SMILES string of the molecule is Cc1c(F)ccc2c1CN(C1CCCC(=O)NC1=O)C2=O. The second-order valence-electron chi connectivity index (χ2n) is 5.45. The van der Waals surface area contributed by atoms with E-state index in [1.165, 1.54) is 17.0 Å². The normalized spacial score (nSPS) is 22.1. The lowest BCUT2D eigenvalue weighted by Crippen LogP contribution is -2.46. The summed E-state index contributed by atoms with van der Waals surface area (Å²) in [5.41, 5.74) is 1.51. The van der Waals surface area contributed by atoms with Crippen molar-refractivity contribution >= 4 is 17.7 Å². The molecule has 1 aromatic rings. The molecule has 0 bridgehead atoms. The van der Waals surface area contributed by atoms with Gasteiger partial charge in [-0.15, -0.1) is 0 Å². The molecule has 0 aliphatic carbocycles. The maximum absolute atomic E-state index is 13.6. The van der Waals surface area contributed by atoms with Crippen LogP contribution in [0.3, 0.4) is 0 Å². The van der Waals surface area contributed by atoms with E-state index in [9.17, 15) is 18.8 Å². The molecular formula is C15H15FN2O3. The molecule has 3 amide bonds. The van der Waals surface area contributed by atoms with Gasteiger partial charge < -0.3 is 4.90 Å². The van der Waals surface area contributed by atoms with Crippen molar-refractivity contribution in [3.05, 3.63) is 34.6 Å². The first kappa shape index (κ1) is 13.7. The summed E-state index contributed by atoms with van der Waals surface area (Å²) in [6, 6.07) is 2.06. The number of carbonyl (C=O) groups is 3. The van der Waals surface area contributed by atoms with Crippen LogP contribution in [0.2, 0.25) is 0 Å². The van der Waals surface area contributed by atoms with Crippen molar-refractivity contribution in [3.8, 4) is 0 Å². The Kier molecular flexibility index (Phi) is 3.23. The Morgan fingerprint density at radius 2 is 2.05 bits per heavy atom. The second kappa shape index (κ2) is 4.95. The van der Waals surface area contributed by atoms with Crippen LogP contribution in [0.5, 0.6) is 0 Å². The number of fused-ring (bicyclic) bond motifs is 1. The van der Waals surface area contributed by atoms with Crippen molar-refractivity contribution in [2.45, 2.75) is 38.8 Å². The molecule has 5 nitrogen and oxygen atoms in total. The third kappa shape index (κ3) is 2.20. The number of halogens is 1. The highest BCUT2D eigenvalue weighted by atomic mass is 19.1. The van der Waals surface area contributed by atoms with Gasteiger partial charge >= 0.3 is 0 Å². The molecule has 0 aromatic heterocycles. The third-order valence-electron chi connectivity index (χ3n) is 4.17. The first-order valence-electron chi connectivity index (χ1n) is 6.91. The maximum atomic E-state index is 13.6. The standard InChI is InChI=1S/C15H15FN2O3/c1-8-10-7-18(15(21)9(10)5-6-11(8)16)12-3-2-4-13(19)17-14(12)20/h5-6,12H,2-4,7H2,1H3,(H,17,19,20). The lowest BCUT2D eigenvalue weighted by Gasteiger charge is -2.24. The fourth-order valence-electron chi connectivity index (χ4n) is 2.95. The van der Waals surface area contributed by atoms with Gasteiger partial charge in [0.1, 0.15) is 11.9 Å². The van der Waals surface area contributed by atoms with Gasteiger partial charge in [0.2, 0.25) is 11.8 Å². The average molecular weight is 290 g/mol. The van der Waals surface area contributed by atoms with Crippen molar-refractivity contribution in [2.24, 2.45) is 0 Å². The summed E-state index contributed by atoms with van der Waals surface area (Å²) >= 11 is 0. The predicted octanol–water partition coefficient (Wildman–Crippen LogP) is 1.29. The van der Waals surface area contributed by atoms with Crippen LogP contribution in [-0.4, -0.2) is 28.7 Å². The number of carbonyl (C=O) groups excluding carboxylic acids is 3. The number of benzene rings is 1. The molecule has 2 aliphatic rings. The number of imide groups is 1. The molecule has 1 N–H and O–H groups in total. The summed E-state index contributed by atoms with van der Waals surface area (Å²) < 4.78 is 13.6. The molecule has 2 heterocycles. The highest BCUT2D eigenvalue weighted by molar-refractivity contribution is 6.04. The highest BCUT2D eigenvalue weighted by Gasteiger charge is 2.38. The monoisotopic (exact) mass is 290 g/mol. The van der Waals surface area contributed by atoms with Gasteiger partial charge in [-0.25, -0.2) is 4.39 Å². The fraction of sp³-hybridized carbons (Fsp3) is 0.400.